The van der Waals surface area contributed by atoms with E-state index in [0.717, 1.165) is 19.5 Å². The van der Waals surface area contributed by atoms with E-state index in [1.807, 2.05) is 6.07 Å². The molecule has 7 nitrogen and oxygen atoms in total. The highest BCUT2D eigenvalue weighted by molar-refractivity contribution is 5.95. The van der Waals surface area contributed by atoms with Crippen molar-refractivity contribution in [2.75, 3.05) is 19.7 Å². The second kappa shape index (κ2) is 7.90. The quantitative estimate of drug-likeness (QED) is 0.676. The van der Waals surface area contributed by atoms with E-state index in [0.29, 0.717) is 23.6 Å². The first kappa shape index (κ1) is 18.3. The fraction of sp³-hybridized carbons (Fsp3) is 0.333. The molecule has 4 rings (SSSR count). The first-order chi connectivity index (χ1) is 13.7. The van der Waals surface area contributed by atoms with E-state index in [9.17, 15) is 9.59 Å². The van der Waals surface area contributed by atoms with Crippen molar-refractivity contribution in [1.29, 1.82) is 0 Å². The highest BCUT2D eigenvalue weighted by Gasteiger charge is 2.37. The van der Waals surface area contributed by atoms with E-state index in [4.69, 9.17) is 9.15 Å². The molecule has 1 aromatic heterocycles. The fourth-order valence-electron chi connectivity index (χ4n) is 3.92. The number of benzene rings is 1. The summed E-state index contributed by atoms with van der Waals surface area (Å²) in [4.78, 5) is 26.3. The van der Waals surface area contributed by atoms with Crippen molar-refractivity contribution < 1.29 is 23.6 Å². The molecule has 1 unspecified atom stereocenters. The van der Waals surface area contributed by atoms with Gasteiger partial charge < -0.3 is 24.7 Å². The van der Waals surface area contributed by atoms with Gasteiger partial charge in [-0.3, -0.25) is 0 Å². The Morgan fingerprint density at radius 2 is 2.07 bits per heavy atom. The molecule has 0 saturated heterocycles. The lowest BCUT2D eigenvalue weighted by Gasteiger charge is -2.31. The summed E-state index contributed by atoms with van der Waals surface area (Å²) in [6.07, 6.45) is 2.50. The zero-order valence-corrected chi connectivity index (χ0v) is 15.8. The number of amides is 2. The molecule has 2 aromatic rings. The molecule has 0 radical (unpaired) electrons. The second-order valence-corrected chi connectivity index (χ2v) is 7.03. The summed E-state index contributed by atoms with van der Waals surface area (Å²) >= 11 is 0. The Hall–Kier alpha value is -3.06. The number of quaternary nitrogens is 1. The van der Waals surface area contributed by atoms with Crippen LogP contribution >= 0.6 is 0 Å². The highest BCUT2D eigenvalue weighted by atomic mass is 16.5. The summed E-state index contributed by atoms with van der Waals surface area (Å²) in [5.41, 5.74) is 3.68. The molecule has 3 heterocycles. The third-order valence-electron chi connectivity index (χ3n) is 5.21. The molecule has 0 fully saturated rings. The van der Waals surface area contributed by atoms with Crippen LogP contribution in [0.15, 0.2) is 58.3 Å². The molecule has 146 valence electrons. The summed E-state index contributed by atoms with van der Waals surface area (Å²) in [6.45, 7) is 4.35. The minimum atomic E-state index is -0.658. The monoisotopic (exact) mass is 382 g/mol. The van der Waals surface area contributed by atoms with E-state index in [-0.39, 0.29) is 12.6 Å². The van der Waals surface area contributed by atoms with Crippen LogP contribution in [0.1, 0.15) is 29.9 Å². The summed E-state index contributed by atoms with van der Waals surface area (Å²) in [6, 6.07) is 10.9. The van der Waals surface area contributed by atoms with Gasteiger partial charge in [-0.2, -0.15) is 0 Å². The predicted octanol–water partition coefficient (Wildman–Crippen LogP) is 1.09. The zero-order valence-electron chi connectivity index (χ0n) is 15.8. The van der Waals surface area contributed by atoms with Crippen LogP contribution in [0, 0.1) is 0 Å². The van der Waals surface area contributed by atoms with E-state index in [1.54, 1.807) is 19.1 Å². The van der Waals surface area contributed by atoms with Crippen LogP contribution in [0.3, 0.4) is 0 Å². The molecule has 0 bridgehead atoms. The number of esters is 1. The van der Waals surface area contributed by atoms with Gasteiger partial charge in [-0.15, -0.1) is 0 Å². The standard InChI is InChI=1S/C21H23N3O4/c1-2-27-20(25)18-16(22-21(26)23-19(18)17-8-5-11-28-17)13-24-10-9-14-6-3-4-7-15(14)12-24/h3-8,11,19H,2,9-10,12-13H2,1H3,(H2,22,23,26)/p+1/t19-/m1/s1. The lowest BCUT2D eigenvalue weighted by molar-refractivity contribution is -0.911. The number of hydrogen-bond acceptors (Lipinski definition) is 4. The van der Waals surface area contributed by atoms with Gasteiger partial charge in [0.15, 0.2) is 0 Å². The van der Waals surface area contributed by atoms with Crippen molar-refractivity contribution >= 4 is 12.0 Å². The predicted molar refractivity (Wildman–Crippen MR) is 101 cm³/mol. The molecule has 28 heavy (non-hydrogen) atoms. The molecule has 1 aromatic carbocycles. The minimum absolute atomic E-state index is 0.262. The summed E-state index contributed by atoms with van der Waals surface area (Å²) in [7, 11) is 0. The van der Waals surface area contributed by atoms with Gasteiger partial charge in [0.05, 0.1) is 30.7 Å². The molecule has 2 aliphatic heterocycles. The first-order valence-electron chi connectivity index (χ1n) is 9.57. The zero-order chi connectivity index (χ0) is 19.5. The second-order valence-electron chi connectivity index (χ2n) is 7.03. The minimum Gasteiger partial charge on any atom is -0.467 e. The number of rotatable bonds is 5. The Labute approximate surface area is 163 Å². The van der Waals surface area contributed by atoms with Gasteiger partial charge in [-0.25, -0.2) is 9.59 Å². The number of hydrogen-bond donors (Lipinski definition) is 3. The van der Waals surface area contributed by atoms with Crippen LogP contribution in [-0.2, 0) is 22.5 Å². The third kappa shape index (κ3) is 3.66. The topological polar surface area (TPSA) is 85.0 Å². The Morgan fingerprint density at radius 3 is 2.82 bits per heavy atom. The maximum absolute atomic E-state index is 12.7. The number of nitrogens with one attached hydrogen (secondary N) is 3. The molecule has 0 aliphatic carbocycles. The third-order valence-corrected chi connectivity index (χ3v) is 5.21. The van der Waals surface area contributed by atoms with E-state index >= 15 is 0 Å². The smallest absolute Gasteiger partial charge is 0.338 e. The molecule has 3 N–H and O–H groups in total. The molecule has 7 heteroatoms. The highest BCUT2D eigenvalue weighted by Crippen LogP contribution is 2.27. The molecule has 2 atom stereocenters. The van der Waals surface area contributed by atoms with Crippen LogP contribution in [0.5, 0.6) is 0 Å². The van der Waals surface area contributed by atoms with Crippen molar-refractivity contribution in [3.63, 3.8) is 0 Å². The van der Waals surface area contributed by atoms with Gasteiger partial charge in [-0.05, 0) is 24.6 Å². The maximum atomic E-state index is 12.7. The molecule has 2 amide bonds. The normalized spacial score (nSPS) is 21.5. The van der Waals surface area contributed by atoms with Crippen molar-refractivity contribution in [2.24, 2.45) is 0 Å². The molecular formula is C21H24N3O4+. The molecule has 2 aliphatic rings. The lowest BCUT2D eigenvalue weighted by Crippen LogP contribution is -3.12. The number of carbonyl (C=O) groups is 2. The SMILES string of the molecule is CCOC(=O)C1=C(C[NH+]2CCc3ccccc3C2)NC(=O)N[C@@H]1c1ccco1. The van der Waals surface area contributed by atoms with Gasteiger partial charge in [0.2, 0.25) is 0 Å². The van der Waals surface area contributed by atoms with E-state index in [1.165, 1.54) is 22.3 Å². The lowest BCUT2D eigenvalue weighted by atomic mass is 9.97. The largest absolute Gasteiger partial charge is 0.467 e. The van der Waals surface area contributed by atoms with Crippen molar-refractivity contribution in [3.8, 4) is 0 Å². The van der Waals surface area contributed by atoms with Crippen LogP contribution in [-0.4, -0.2) is 31.7 Å². The maximum Gasteiger partial charge on any atom is 0.338 e. The van der Waals surface area contributed by atoms with Crippen LogP contribution in [0.25, 0.3) is 0 Å². The van der Waals surface area contributed by atoms with Crippen molar-refractivity contribution in [1.82, 2.24) is 10.6 Å². The van der Waals surface area contributed by atoms with E-state index in [2.05, 4.69) is 28.8 Å². The summed E-state index contributed by atoms with van der Waals surface area (Å²) in [5, 5.41) is 5.61. The van der Waals surface area contributed by atoms with Crippen molar-refractivity contribution in [3.05, 3.63) is 70.8 Å². The Morgan fingerprint density at radius 1 is 1.25 bits per heavy atom. The Bertz CT molecular complexity index is 904. The van der Waals surface area contributed by atoms with Gasteiger partial charge in [0.25, 0.3) is 0 Å². The first-order valence-corrected chi connectivity index (χ1v) is 9.57. The number of furan rings is 1. The van der Waals surface area contributed by atoms with Crippen LogP contribution < -0.4 is 15.5 Å². The number of urea groups is 1. The molecule has 0 saturated carbocycles. The Balaban J connectivity index is 1.65. The van der Waals surface area contributed by atoms with Crippen LogP contribution in [0.2, 0.25) is 0 Å². The van der Waals surface area contributed by atoms with Crippen molar-refractivity contribution in [2.45, 2.75) is 25.9 Å². The number of ether oxygens (including phenoxy) is 1. The van der Waals surface area contributed by atoms with Gasteiger partial charge in [-0.1, -0.05) is 24.3 Å². The van der Waals surface area contributed by atoms with Gasteiger partial charge in [0.1, 0.15) is 24.9 Å². The Kier molecular flexibility index (Phi) is 5.16. The average Bonchev–Trinajstić information content (AvgIpc) is 3.22. The number of carbonyl (C=O) groups excluding carboxylic acids is 2. The van der Waals surface area contributed by atoms with Gasteiger partial charge in [0, 0.05) is 12.0 Å². The fourth-order valence-corrected chi connectivity index (χ4v) is 3.92. The average molecular weight is 382 g/mol. The molecular weight excluding hydrogens is 358 g/mol. The van der Waals surface area contributed by atoms with Gasteiger partial charge >= 0.3 is 12.0 Å². The van der Waals surface area contributed by atoms with Crippen LogP contribution in [0.4, 0.5) is 4.79 Å². The summed E-state index contributed by atoms with van der Waals surface area (Å²) < 4.78 is 10.8. The van der Waals surface area contributed by atoms with E-state index < -0.39 is 12.0 Å². The summed E-state index contributed by atoms with van der Waals surface area (Å²) in [5.74, 6) is 0.0672. The number of fused-ring (bicyclic) bond motifs is 1. The molecule has 0 spiro atoms.